The van der Waals surface area contributed by atoms with Crippen LogP contribution in [0.5, 0.6) is 5.75 Å². The number of ether oxygens (including phenoxy) is 1. The second-order valence-electron chi connectivity index (χ2n) is 8.24. The first-order valence-electron chi connectivity index (χ1n) is 11.0. The van der Waals surface area contributed by atoms with Crippen LogP contribution >= 0.6 is 0 Å². The van der Waals surface area contributed by atoms with Gasteiger partial charge >= 0.3 is 6.36 Å². The van der Waals surface area contributed by atoms with E-state index in [9.17, 15) is 22.8 Å². The van der Waals surface area contributed by atoms with Crippen molar-refractivity contribution in [3.05, 3.63) is 106 Å². The zero-order valence-electron chi connectivity index (χ0n) is 18.9. The quantitative estimate of drug-likeness (QED) is 0.362. The minimum atomic E-state index is -4.76. The summed E-state index contributed by atoms with van der Waals surface area (Å²) in [5.74, 6) is -0.473. The topological polar surface area (TPSA) is 60.3 Å². The van der Waals surface area contributed by atoms with Crippen LogP contribution in [0.25, 0.3) is 10.8 Å². The van der Waals surface area contributed by atoms with Gasteiger partial charge in [-0.1, -0.05) is 48.0 Å². The van der Waals surface area contributed by atoms with Gasteiger partial charge < -0.3 is 14.6 Å². The Hall–Kier alpha value is -4.07. The van der Waals surface area contributed by atoms with Crippen molar-refractivity contribution in [3.8, 4) is 5.75 Å². The van der Waals surface area contributed by atoms with Crippen LogP contribution in [0.4, 0.5) is 18.9 Å². The maximum absolute atomic E-state index is 13.0. The van der Waals surface area contributed by atoms with Gasteiger partial charge in [-0.05, 0) is 54.8 Å². The summed E-state index contributed by atoms with van der Waals surface area (Å²) in [6, 6.07) is 20.2. The van der Waals surface area contributed by atoms with Crippen LogP contribution < -0.4 is 15.6 Å². The molecule has 0 unspecified atom stereocenters. The molecule has 0 bridgehead atoms. The molecule has 0 aliphatic heterocycles. The number of pyridine rings is 1. The molecule has 8 heteroatoms. The molecule has 4 rings (SSSR count). The normalized spacial score (nSPS) is 11.4. The highest BCUT2D eigenvalue weighted by Gasteiger charge is 2.30. The van der Waals surface area contributed by atoms with E-state index in [1.54, 1.807) is 30.5 Å². The Morgan fingerprint density at radius 1 is 0.943 bits per heavy atom. The van der Waals surface area contributed by atoms with Gasteiger partial charge in [0.1, 0.15) is 5.75 Å². The summed E-state index contributed by atoms with van der Waals surface area (Å²) in [7, 11) is 0. The molecular weight excluding hydrogens is 457 g/mol. The smallest absolute Gasteiger partial charge is 0.406 e. The van der Waals surface area contributed by atoms with Crippen molar-refractivity contribution in [1.29, 1.82) is 0 Å². The van der Waals surface area contributed by atoms with Crippen LogP contribution in [0.15, 0.2) is 83.8 Å². The first-order chi connectivity index (χ1) is 16.7. The molecule has 4 aromatic rings. The number of carbonyl (C=O) groups excluding carboxylic acids is 1. The molecule has 180 valence electrons. The molecule has 0 aliphatic rings. The number of benzene rings is 3. The lowest BCUT2D eigenvalue weighted by molar-refractivity contribution is -0.274. The van der Waals surface area contributed by atoms with E-state index in [1.807, 2.05) is 31.2 Å². The van der Waals surface area contributed by atoms with Gasteiger partial charge in [0.25, 0.3) is 5.56 Å². The van der Waals surface area contributed by atoms with Gasteiger partial charge in [0.2, 0.25) is 5.91 Å². The molecule has 0 saturated heterocycles. The van der Waals surface area contributed by atoms with Gasteiger partial charge in [-0.15, -0.1) is 13.2 Å². The van der Waals surface area contributed by atoms with Crippen LogP contribution in [-0.4, -0.2) is 16.8 Å². The van der Waals surface area contributed by atoms with Crippen molar-refractivity contribution >= 4 is 22.4 Å². The van der Waals surface area contributed by atoms with Crippen molar-refractivity contribution in [2.75, 3.05) is 5.32 Å². The number of aryl methyl sites for hydroxylation is 2. The summed E-state index contributed by atoms with van der Waals surface area (Å²) in [4.78, 5) is 25.6. The molecule has 5 nitrogen and oxygen atoms in total. The second-order valence-corrected chi connectivity index (χ2v) is 8.24. The average Bonchev–Trinajstić information content (AvgIpc) is 2.80. The van der Waals surface area contributed by atoms with Crippen LogP contribution in [0, 0.1) is 6.92 Å². The maximum Gasteiger partial charge on any atom is 0.573 e. The number of alkyl halides is 3. The minimum Gasteiger partial charge on any atom is -0.406 e. The fourth-order valence-corrected chi connectivity index (χ4v) is 3.88. The van der Waals surface area contributed by atoms with Gasteiger partial charge in [0, 0.05) is 29.1 Å². The van der Waals surface area contributed by atoms with E-state index in [-0.39, 0.29) is 23.8 Å². The molecule has 1 N–H and O–H groups in total. The molecule has 0 spiro atoms. The van der Waals surface area contributed by atoms with Gasteiger partial charge in [-0.3, -0.25) is 9.59 Å². The highest BCUT2D eigenvalue weighted by atomic mass is 19.4. The fraction of sp³-hybridized carbons (Fsp3) is 0.185. The molecule has 1 aromatic heterocycles. The van der Waals surface area contributed by atoms with Gasteiger partial charge in [0.15, 0.2) is 0 Å². The Bertz CT molecular complexity index is 1410. The third-order valence-electron chi connectivity index (χ3n) is 5.53. The first kappa shape index (κ1) is 24.1. The highest BCUT2D eigenvalue weighted by molar-refractivity contribution is 6.01. The number of hydrogen-bond acceptors (Lipinski definition) is 3. The lowest BCUT2D eigenvalue weighted by atomic mass is 10.1. The molecule has 0 radical (unpaired) electrons. The van der Waals surface area contributed by atoms with Gasteiger partial charge in [0.05, 0.1) is 6.54 Å². The Labute approximate surface area is 199 Å². The van der Waals surface area contributed by atoms with E-state index < -0.39 is 6.36 Å². The average molecular weight is 480 g/mol. The number of nitrogens with one attached hydrogen (secondary N) is 1. The van der Waals surface area contributed by atoms with Crippen LogP contribution in [0.3, 0.4) is 0 Å². The Morgan fingerprint density at radius 2 is 1.69 bits per heavy atom. The third kappa shape index (κ3) is 6.29. The molecular formula is C27H23F3N2O3. The summed E-state index contributed by atoms with van der Waals surface area (Å²) in [6.45, 7) is 2.18. The summed E-state index contributed by atoms with van der Waals surface area (Å²) in [5.41, 5.74) is 3.14. The number of rotatable bonds is 7. The first-order valence-corrected chi connectivity index (χ1v) is 11.0. The van der Waals surface area contributed by atoms with Crippen molar-refractivity contribution in [2.24, 2.45) is 0 Å². The van der Waals surface area contributed by atoms with E-state index in [0.29, 0.717) is 34.9 Å². The number of fused-ring (bicyclic) bond motifs is 1. The molecule has 0 fully saturated rings. The van der Waals surface area contributed by atoms with Crippen molar-refractivity contribution in [1.82, 2.24) is 4.57 Å². The zero-order chi connectivity index (χ0) is 25.0. The van der Waals surface area contributed by atoms with E-state index in [0.717, 1.165) is 11.1 Å². The van der Waals surface area contributed by atoms with Crippen molar-refractivity contribution in [2.45, 2.75) is 32.7 Å². The second kappa shape index (κ2) is 10.0. The molecule has 35 heavy (non-hydrogen) atoms. The SMILES string of the molecule is Cc1cccc(CCC(=O)Nc2cccc3c(=O)n(Cc4ccc(OC(F)(F)F)cc4)ccc23)c1. The largest absolute Gasteiger partial charge is 0.573 e. The fourth-order valence-electron chi connectivity index (χ4n) is 3.88. The lowest BCUT2D eigenvalue weighted by Crippen LogP contribution is -2.21. The van der Waals surface area contributed by atoms with Crippen LogP contribution in [0.1, 0.15) is 23.1 Å². The Morgan fingerprint density at radius 3 is 2.40 bits per heavy atom. The molecule has 1 heterocycles. The monoisotopic (exact) mass is 480 g/mol. The number of halogens is 3. The third-order valence-corrected chi connectivity index (χ3v) is 5.53. The van der Waals surface area contributed by atoms with E-state index in [1.165, 1.54) is 28.8 Å². The molecule has 0 aliphatic carbocycles. The number of anilines is 1. The van der Waals surface area contributed by atoms with Gasteiger partial charge in [-0.25, -0.2) is 0 Å². The predicted octanol–water partition coefficient (Wildman–Crippen LogP) is 5.83. The number of amides is 1. The van der Waals surface area contributed by atoms with E-state index in [2.05, 4.69) is 10.1 Å². The van der Waals surface area contributed by atoms with E-state index in [4.69, 9.17) is 0 Å². The molecule has 1 amide bonds. The van der Waals surface area contributed by atoms with Crippen molar-refractivity contribution < 1.29 is 22.7 Å². The summed E-state index contributed by atoms with van der Waals surface area (Å²) < 4.78 is 42.4. The summed E-state index contributed by atoms with van der Waals surface area (Å²) in [5, 5.41) is 3.95. The van der Waals surface area contributed by atoms with Gasteiger partial charge in [-0.2, -0.15) is 0 Å². The molecule has 3 aromatic carbocycles. The minimum absolute atomic E-state index is 0.149. The number of carbonyl (C=O) groups is 1. The maximum atomic E-state index is 13.0. The van der Waals surface area contributed by atoms with E-state index >= 15 is 0 Å². The van der Waals surface area contributed by atoms with Crippen molar-refractivity contribution in [3.63, 3.8) is 0 Å². The number of hydrogen-bond donors (Lipinski definition) is 1. The number of aromatic nitrogens is 1. The molecule has 0 saturated carbocycles. The standard InChI is InChI=1S/C27H23F3N2O3/c1-18-4-2-5-19(16-18)10-13-25(33)31-24-7-3-6-23-22(24)14-15-32(26(23)34)17-20-8-11-21(12-9-20)35-27(28,29)30/h2-9,11-12,14-16H,10,13,17H2,1H3,(H,31,33). The Balaban J connectivity index is 1.48. The lowest BCUT2D eigenvalue weighted by Gasteiger charge is -2.12. The highest BCUT2D eigenvalue weighted by Crippen LogP contribution is 2.24. The molecule has 0 atom stereocenters. The zero-order valence-corrected chi connectivity index (χ0v) is 18.9. The number of nitrogens with zero attached hydrogens (tertiary/aromatic N) is 1. The summed E-state index contributed by atoms with van der Waals surface area (Å²) in [6.07, 6.45) is -2.24. The van der Waals surface area contributed by atoms with Crippen LogP contribution in [-0.2, 0) is 17.8 Å². The summed E-state index contributed by atoms with van der Waals surface area (Å²) >= 11 is 0. The predicted molar refractivity (Wildman–Crippen MR) is 129 cm³/mol. The van der Waals surface area contributed by atoms with Crippen LogP contribution in [0.2, 0.25) is 0 Å². The Kier molecular flexibility index (Phi) is 6.91.